The molecule has 7 nitrogen and oxygen atoms in total. The zero-order chi connectivity index (χ0) is 22.3. The molecule has 1 saturated carbocycles. The third kappa shape index (κ3) is 4.15. The summed E-state index contributed by atoms with van der Waals surface area (Å²) in [5.41, 5.74) is 0.896. The van der Waals surface area contributed by atoms with Crippen molar-refractivity contribution in [3.8, 4) is 0 Å². The Morgan fingerprint density at radius 3 is 2.59 bits per heavy atom. The number of aromatic nitrogens is 4. The molecule has 10 heteroatoms. The lowest BCUT2D eigenvalue weighted by Gasteiger charge is -2.32. The molecule has 0 bridgehead atoms. The summed E-state index contributed by atoms with van der Waals surface area (Å²) in [6.07, 6.45) is 4.54. The maximum absolute atomic E-state index is 13.0. The number of pyridine rings is 2. The van der Waals surface area contributed by atoms with Gasteiger partial charge in [-0.1, -0.05) is 6.07 Å². The maximum atomic E-state index is 13.0. The molecule has 4 aromatic heterocycles. The summed E-state index contributed by atoms with van der Waals surface area (Å²) in [6, 6.07) is 9.02. The molecule has 5 rings (SSSR count). The minimum atomic E-state index is -4.48. The Hall–Kier alpha value is -3.11. The van der Waals surface area contributed by atoms with Gasteiger partial charge in [-0.05, 0) is 49.9 Å². The van der Waals surface area contributed by atoms with E-state index in [-0.39, 0.29) is 17.7 Å². The van der Waals surface area contributed by atoms with Gasteiger partial charge in [-0.2, -0.15) is 13.2 Å². The Morgan fingerprint density at radius 2 is 1.81 bits per heavy atom. The van der Waals surface area contributed by atoms with Crippen LogP contribution < -0.4 is 10.6 Å². The molecule has 0 aliphatic heterocycles. The van der Waals surface area contributed by atoms with Gasteiger partial charge >= 0.3 is 6.18 Å². The molecule has 4 aromatic rings. The zero-order valence-electron chi connectivity index (χ0n) is 17.1. The van der Waals surface area contributed by atoms with E-state index in [1.54, 1.807) is 24.4 Å². The summed E-state index contributed by atoms with van der Waals surface area (Å²) in [5, 5.41) is 17.2. The average molecular weight is 444 g/mol. The molecule has 0 aromatic carbocycles. The van der Waals surface area contributed by atoms with Crippen LogP contribution in [0.3, 0.4) is 0 Å². The van der Waals surface area contributed by atoms with Crippen LogP contribution in [0, 0.1) is 0 Å². The number of rotatable bonds is 5. The summed E-state index contributed by atoms with van der Waals surface area (Å²) >= 11 is 0. The Labute approximate surface area is 181 Å². The second-order valence-electron chi connectivity index (χ2n) is 8.18. The smallest absolute Gasteiger partial charge is 0.374 e. The molecule has 32 heavy (non-hydrogen) atoms. The average Bonchev–Trinajstić information content (AvgIpc) is 3.42. The lowest BCUT2D eigenvalue weighted by molar-refractivity contribution is -0.140. The number of hydrogen-bond acceptors (Lipinski definition) is 5. The van der Waals surface area contributed by atoms with Crippen molar-refractivity contribution in [3.05, 3.63) is 66.4 Å². The Morgan fingerprint density at radius 1 is 1.03 bits per heavy atom. The number of fused-ring (bicyclic) bond motifs is 2. The van der Waals surface area contributed by atoms with Gasteiger partial charge in [0.05, 0.1) is 0 Å². The van der Waals surface area contributed by atoms with Gasteiger partial charge < -0.3 is 14.8 Å². The highest BCUT2D eigenvalue weighted by Gasteiger charge is 2.34. The van der Waals surface area contributed by atoms with Gasteiger partial charge in [0, 0.05) is 42.4 Å². The first-order chi connectivity index (χ1) is 15.4. The maximum Gasteiger partial charge on any atom is 0.434 e. The molecule has 1 atom stereocenters. The summed E-state index contributed by atoms with van der Waals surface area (Å²) in [4.78, 5) is 7.92. The van der Waals surface area contributed by atoms with E-state index in [1.165, 1.54) is 4.40 Å². The molecule has 1 aliphatic carbocycles. The van der Waals surface area contributed by atoms with E-state index in [0.717, 1.165) is 43.1 Å². The van der Waals surface area contributed by atoms with E-state index in [9.17, 15) is 18.3 Å². The van der Waals surface area contributed by atoms with Crippen LogP contribution in [-0.4, -0.2) is 36.0 Å². The highest BCUT2D eigenvalue weighted by atomic mass is 19.4. The summed E-state index contributed by atoms with van der Waals surface area (Å²) in [6.45, 7) is 0. The number of anilines is 1. The largest absolute Gasteiger partial charge is 0.434 e. The number of aliphatic hydroxyl groups is 1. The first kappa shape index (κ1) is 20.8. The molecule has 1 fully saturated rings. The predicted molar refractivity (Wildman–Crippen MR) is 113 cm³/mol. The van der Waals surface area contributed by atoms with Gasteiger partial charge in [-0.15, -0.1) is 0 Å². The topological polar surface area (TPSA) is 78.9 Å². The second-order valence-corrected chi connectivity index (χ2v) is 8.18. The monoisotopic (exact) mass is 444 g/mol. The SMILES string of the molecule is OC(N[C@H]1CC[C@@H](Nc2cccc3nc(C(F)(F)F)cn23)CC1)c1ccn2ccnc2c1. The number of alkyl halides is 3. The molecule has 168 valence electrons. The molecule has 0 amide bonds. The molecule has 0 radical (unpaired) electrons. The number of aliphatic hydroxyl groups excluding tert-OH is 1. The van der Waals surface area contributed by atoms with E-state index in [4.69, 9.17) is 0 Å². The van der Waals surface area contributed by atoms with Crippen LogP contribution in [0.2, 0.25) is 0 Å². The van der Waals surface area contributed by atoms with Gasteiger partial charge in [0.1, 0.15) is 23.3 Å². The fourth-order valence-corrected chi connectivity index (χ4v) is 4.29. The number of hydrogen-bond donors (Lipinski definition) is 3. The molecular formula is C22H23F3N6O. The van der Waals surface area contributed by atoms with Gasteiger partial charge in [0.15, 0.2) is 5.69 Å². The zero-order valence-corrected chi connectivity index (χ0v) is 17.1. The van der Waals surface area contributed by atoms with Crippen LogP contribution in [-0.2, 0) is 6.18 Å². The fraction of sp³-hybridized carbons (Fsp3) is 0.364. The number of nitrogens with one attached hydrogen (secondary N) is 2. The number of nitrogens with zero attached hydrogens (tertiary/aromatic N) is 4. The molecule has 4 heterocycles. The van der Waals surface area contributed by atoms with Crippen LogP contribution in [0.25, 0.3) is 11.3 Å². The third-order valence-electron chi connectivity index (χ3n) is 5.99. The summed E-state index contributed by atoms with van der Waals surface area (Å²) in [5.74, 6) is 0.593. The van der Waals surface area contributed by atoms with Crippen molar-refractivity contribution >= 4 is 17.1 Å². The quantitative estimate of drug-likeness (QED) is 0.406. The van der Waals surface area contributed by atoms with Crippen LogP contribution in [0.15, 0.2) is 55.1 Å². The van der Waals surface area contributed by atoms with E-state index >= 15 is 0 Å². The van der Waals surface area contributed by atoms with Gasteiger partial charge in [0.25, 0.3) is 0 Å². The van der Waals surface area contributed by atoms with Gasteiger partial charge in [-0.3, -0.25) is 9.72 Å². The lowest BCUT2D eigenvalue weighted by Crippen LogP contribution is -2.39. The molecule has 3 N–H and O–H groups in total. The number of imidazole rings is 2. The first-order valence-electron chi connectivity index (χ1n) is 10.6. The second kappa shape index (κ2) is 8.10. The van der Waals surface area contributed by atoms with Crippen molar-refractivity contribution < 1.29 is 18.3 Å². The summed E-state index contributed by atoms with van der Waals surface area (Å²) in [7, 11) is 0. The lowest BCUT2D eigenvalue weighted by atomic mass is 9.91. The van der Waals surface area contributed by atoms with Crippen LogP contribution >= 0.6 is 0 Å². The molecular weight excluding hydrogens is 421 g/mol. The highest BCUT2D eigenvalue weighted by Crippen LogP contribution is 2.30. The summed E-state index contributed by atoms with van der Waals surface area (Å²) < 4.78 is 42.4. The van der Waals surface area contributed by atoms with Crippen molar-refractivity contribution in [1.29, 1.82) is 0 Å². The number of halogens is 3. The van der Waals surface area contributed by atoms with Crippen LogP contribution in [0.5, 0.6) is 0 Å². The van der Waals surface area contributed by atoms with E-state index < -0.39 is 18.1 Å². The fourth-order valence-electron chi connectivity index (χ4n) is 4.29. The molecule has 0 spiro atoms. The van der Waals surface area contributed by atoms with Crippen molar-refractivity contribution in [3.63, 3.8) is 0 Å². The van der Waals surface area contributed by atoms with Gasteiger partial charge in [-0.25, -0.2) is 9.97 Å². The van der Waals surface area contributed by atoms with E-state index in [2.05, 4.69) is 20.6 Å². The third-order valence-corrected chi connectivity index (χ3v) is 5.99. The first-order valence-corrected chi connectivity index (χ1v) is 10.6. The van der Waals surface area contributed by atoms with Crippen molar-refractivity contribution in [2.45, 2.75) is 50.2 Å². The molecule has 1 unspecified atom stereocenters. The highest BCUT2D eigenvalue weighted by molar-refractivity contribution is 5.51. The predicted octanol–water partition coefficient (Wildman–Crippen LogP) is 4.00. The standard InChI is InChI=1S/C22H23F3N6O/c23-22(24,25)17-13-31-18(2-1-3-19(31)29-17)27-15-4-6-16(7-5-15)28-21(32)14-8-10-30-11-9-26-20(30)12-14/h1-3,8-13,15-16,21,27-28,32H,4-7H2/t15-,16+,21?. The minimum Gasteiger partial charge on any atom is -0.374 e. The molecule has 1 aliphatic rings. The van der Waals surface area contributed by atoms with Crippen LogP contribution in [0.4, 0.5) is 19.0 Å². The Balaban J connectivity index is 1.20. The Bertz CT molecular complexity index is 1230. The van der Waals surface area contributed by atoms with E-state index in [1.807, 2.05) is 28.9 Å². The van der Waals surface area contributed by atoms with Gasteiger partial charge in [0.2, 0.25) is 0 Å². The minimum absolute atomic E-state index is 0.133. The molecule has 0 saturated heterocycles. The van der Waals surface area contributed by atoms with Crippen molar-refractivity contribution in [2.24, 2.45) is 0 Å². The van der Waals surface area contributed by atoms with Crippen LogP contribution in [0.1, 0.15) is 43.2 Å². The normalized spacial score (nSPS) is 20.6. The Kier molecular flexibility index (Phi) is 5.26. The van der Waals surface area contributed by atoms with E-state index in [0.29, 0.717) is 5.82 Å². The van der Waals surface area contributed by atoms with Crippen molar-refractivity contribution in [1.82, 2.24) is 24.1 Å². The van der Waals surface area contributed by atoms with Crippen molar-refractivity contribution in [2.75, 3.05) is 5.32 Å².